The molecule has 0 radical (unpaired) electrons. The molecule has 0 aliphatic carbocycles. The molecule has 1 unspecified atom stereocenters. The molecule has 2 aliphatic heterocycles. The number of urea groups is 1. The zero-order valence-electron chi connectivity index (χ0n) is 12.1. The zero-order valence-corrected chi connectivity index (χ0v) is 12.1. The standard InChI is InChI=1S/C13H19N3O5/c1-3-13(2)11(20)16(12(21)14-13)7-9(17)15-6-4-5-8(15)10(18)19/h8H,3-7H2,1-2H3,(H,14,21)(H,18,19)/t8-,13?/m0/s1. The molecule has 0 bridgehead atoms. The summed E-state index contributed by atoms with van der Waals surface area (Å²) in [6.07, 6.45) is 1.42. The second kappa shape index (κ2) is 5.34. The van der Waals surface area contributed by atoms with E-state index in [1.165, 1.54) is 4.90 Å². The first-order valence-corrected chi connectivity index (χ1v) is 6.96. The highest BCUT2D eigenvalue weighted by Gasteiger charge is 2.48. The van der Waals surface area contributed by atoms with Gasteiger partial charge in [0.25, 0.3) is 5.91 Å². The summed E-state index contributed by atoms with van der Waals surface area (Å²) in [4.78, 5) is 49.4. The van der Waals surface area contributed by atoms with Crippen molar-refractivity contribution >= 4 is 23.8 Å². The minimum Gasteiger partial charge on any atom is -0.480 e. The van der Waals surface area contributed by atoms with Crippen molar-refractivity contribution in [3.05, 3.63) is 0 Å². The maximum atomic E-state index is 12.2. The van der Waals surface area contributed by atoms with Gasteiger partial charge >= 0.3 is 12.0 Å². The fourth-order valence-electron chi connectivity index (χ4n) is 2.68. The van der Waals surface area contributed by atoms with E-state index in [1.807, 2.05) is 0 Å². The van der Waals surface area contributed by atoms with E-state index >= 15 is 0 Å². The fourth-order valence-corrected chi connectivity index (χ4v) is 2.68. The Balaban J connectivity index is 2.08. The van der Waals surface area contributed by atoms with E-state index < -0.39 is 41.9 Å². The van der Waals surface area contributed by atoms with Crippen LogP contribution in [0.3, 0.4) is 0 Å². The third-order valence-electron chi connectivity index (χ3n) is 4.20. The van der Waals surface area contributed by atoms with Gasteiger partial charge in [-0.25, -0.2) is 9.59 Å². The molecule has 0 aromatic rings. The number of amides is 4. The smallest absolute Gasteiger partial charge is 0.326 e. The second-order valence-corrected chi connectivity index (χ2v) is 5.59. The largest absolute Gasteiger partial charge is 0.480 e. The lowest BCUT2D eigenvalue weighted by molar-refractivity contribution is -0.149. The summed E-state index contributed by atoms with van der Waals surface area (Å²) in [5, 5.41) is 11.6. The van der Waals surface area contributed by atoms with E-state index in [2.05, 4.69) is 5.32 Å². The van der Waals surface area contributed by atoms with Crippen LogP contribution < -0.4 is 5.32 Å². The molecule has 0 spiro atoms. The molecule has 2 heterocycles. The van der Waals surface area contributed by atoms with Crippen LogP contribution in [0.25, 0.3) is 0 Å². The Morgan fingerprint density at radius 2 is 2.10 bits per heavy atom. The quantitative estimate of drug-likeness (QED) is 0.698. The number of likely N-dealkylation sites (tertiary alicyclic amines) is 1. The Bertz CT molecular complexity index is 506. The summed E-state index contributed by atoms with van der Waals surface area (Å²) in [5.74, 6) is -2.02. The Hall–Kier alpha value is -2.12. The number of imide groups is 1. The summed E-state index contributed by atoms with van der Waals surface area (Å²) in [7, 11) is 0. The van der Waals surface area contributed by atoms with Gasteiger partial charge < -0.3 is 15.3 Å². The lowest BCUT2D eigenvalue weighted by Gasteiger charge is -2.24. The first-order valence-electron chi connectivity index (χ1n) is 6.96. The van der Waals surface area contributed by atoms with Crippen LogP contribution in [0.2, 0.25) is 0 Å². The number of carbonyl (C=O) groups excluding carboxylic acids is 3. The first kappa shape index (κ1) is 15.3. The predicted molar refractivity (Wildman–Crippen MR) is 71.3 cm³/mol. The topological polar surface area (TPSA) is 107 Å². The molecule has 0 saturated carbocycles. The third kappa shape index (κ3) is 2.57. The van der Waals surface area contributed by atoms with E-state index in [1.54, 1.807) is 13.8 Å². The molecule has 21 heavy (non-hydrogen) atoms. The van der Waals surface area contributed by atoms with E-state index in [0.29, 0.717) is 25.8 Å². The van der Waals surface area contributed by atoms with Crippen LogP contribution in [-0.4, -0.2) is 63.4 Å². The molecule has 2 aliphatic rings. The summed E-state index contributed by atoms with van der Waals surface area (Å²) < 4.78 is 0. The number of aliphatic carboxylic acids is 1. The van der Waals surface area contributed by atoms with Crippen molar-refractivity contribution in [1.82, 2.24) is 15.1 Å². The van der Waals surface area contributed by atoms with Crippen molar-refractivity contribution < 1.29 is 24.3 Å². The van der Waals surface area contributed by atoms with Gasteiger partial charge in [0.05, 0.1) is 0 Å². The van der Waals surface area contributed by atoms with Crippen molar-refractivity contribution in [3.8, 4) is 0 Å². The fraction of sp³-hybridized carbons (Fsp3) is 0.692. The van der Waals surface area contributed by atoms with Gasteiger partial charge in [0.2, 0.25) is 5.91 Å². The minimum atomic E-state index is -1.06. The molecule has 0 aromatic carbocycles. The van der Waals surface area contributed by atoms with E-state index in [4.69, 9.17) is 5.11 Å². The number of rotatable bonds is 4. The zero-order chi connectivity index (χ0) is 15.8. The predicted octanol–water partition coefficient (Wildman–Crippen LogP) is -0.217. The Morgan fingerprint density at radius 1 is 1.43 bits per heavy atom. The molecule has 4 amide bonds. The van der Waals surface area contributed by atoms with Crippen LogP contribution in [0.15, 0.2) is 0 Å². The SMILES string of the molecule is CCC1(C)NC(=O)N(CC(=O)N2CCC[C@H]2C(=O)O)C1=O. The molecule has 2 N–H and O–H groups in total. The third-order valence-corrected chi connectivity index (χ3v) is 4.20. The van der Waals surface area contributed by atoms with E-state index in [-0.39, 0.29) is 0 Å². The Labute approximate surface area is 122 Å². The van der Waals surface area contributed by atoms with Crippen LogP contribution in [0.4, 0.5) is 4.79 Å². The summed E-state index contributed by atoms with van der Waals surface area (Å²) in [6, 6.07) is -1.47. The van der Waals surface area contributed by atoms with Gasteiger partial charge in [-0.05, 0) is 26.2 Å². The number of nitrogens with zero attached hydrogens (tertiary/aromatic N) is 2. The van der Waals surface area contributed by atoms with Gasteiger partial charge in [0.1, 0.15) is 18.1 Å². The molecule has 8 nitrogen and oxygen atoms in total. The maximum Gasteiger partial charge on any atom is 0.326 e. The van der Waals surface area contributed by atoms with Crippen molar-refractivity contribution in [2.24, 2.45) is 0 Å². The highest BCUT2D eigenvalue weighted by Crippen LogP contribution is 2.22. The first-order chi connectivity index (χ1) is 9.80. The lowest BCUT2D eigenvalue weighted by Crippen LogP contribution is -2.48. The Morgan fingerprint density at radius 3 is 2.62 bits per heavy atom. The number of carboxylic acids is 1. The van der Waals surface area contributed by atoms with Gasteiger partial charge in [-0.15, -0.1) is 0 Å². The summed E-state index contributed by atoms with van der Waals surface area (Å²) in [6.45, 7) is 3.30. The highest BCUT2D eigenvalue weighted by atomic mass is 16.4. The number of carbonyl (C=O) groups is 4. The molecule has 2 saturated heterocycles. The number of hydrogen-bond acceptors (Lipinski definition) is 4. The van der Waals surface area contributed by atoms with Crippen LogP contribution in [0.1, 0.15) is 33.1 Å². The van der Waals surface area contributed by atoms with Crippen molar-refractivity contribution in [3.63, 3.8) is 0 Å². The van der Waals surface area contributed by atoms with Crippen molar-refractivity contribution in [2.45, 2.75) is 44.7 Å². The summed E-state index contributed by atoms with van der Waals surface area (Å²) >= 11 is 0. The van der Waals surface area contributed by atoms with Crippen LogP contribution in [0, 0.1) is 0 Å². The summed E-state index contributed by atoms with van der Waals surface area (Å²) in [5.41, 5.74) is -0.991. The molecule has 2 rings (SSSR count). The number of hydrogen-bond donors (Lipinski definition) is 2. The lowest BCUT2D eigenvalue weighted by atomic mass is 9.99. The Kier molecular flexibility index (Phi) is 3.89. The molecular formula is C13H19N3O5. The minimum absolute atomic E-state index is 0.338. The molecule has 8 heteroatoms. The highest BCUT2D eigenvalue weighted by molar-refractivity contribution is 6.08. The van der Waals surface area contributed by atoms with Crippen molar-refractivity contribution in [1.29, 1.82) is 0 Å². The van der Waals surface area contributed by atoms with Crippen LogP contribution in [-0.2, 0) is 14.4 Å². The molecular weight excluding hydrogens is 278 g/mol. The molecule has 2 fully saturated rings. The monoisotopic (exact) mass is 297 g/mol. The average molecular weight is 297 g/mol. The van der Waals surface area contributed by atoms with Gasteiger partial charge in [-0.3, -0.25) is 14.5 Å². The normalized spacial score (nSPS) is 29.0. The van der Waals surface area contributed by atoms with Gasteiger partial charge in [0, 0.05) is 6.54 Å². The van der Waals surface area contributed by atoms with Gasteiger partial charge in [0.15, 0.2) is 0 Å². The second-order valence-electron chi connectivity index (χ2n) is 5.59. The number of carboxylic acid groups (broad SMARTS) is 1. The maximum absolute atomic E-state index is 12.2. The van der Waals surface area contributed by atoms with E-state index in [9.17, 15) is 19.2 Å². The average Bonchev–Trinajstić information content (AvgIpc) is 2.99. The van der Waals surface area contributed by atoms with Crippen LogP contribution in [0.5, 0.6) is 0 Å². The van der Waals surface area contributed by atoms with E-state index in [0.717, 1.165) is 4.90 Å². The van der Waals surface area contributed by atoms with Crippen LogP contribution >= 0.6 is 0 Å². The van der Waals surface area contributed by atoms with Gasteiger partial charge in [-0.1, -0.05) is 6.92 Å². The molecule has 0 aromatic heterocycles. The van der Waals surface area contributed by atoms with Gasteiger partial charge in [-0.2, -0.15) is 0 Å². The van der Waals surface area contributed by atoms with Crippen molar-refractivity contribution in [2.75, 3.05) is 13.1 Å². The molecule has 2 atom stereocenters. The molecule has 116 valence electrons. The number of nitrogens with one attached hydrogen (secondary N) is 1.